The molecule has 2 radical (unpaired) electrons. The molecule has 0 nitrogen and oxygen atoms in total. The van der Waals surface area contributed by atoms with Crippen molar-refractivity contribution in [2.45, 2.75) is 161 Å². The molecule has 0 rings (SSSR count). The van der Waals surface area contributed by atoms with Crippen molar-refractivity contribution in [1.82, 2.24) is 0 Å². The molecular formula is C28H56. The van der Waals surface area contributed by atoms with Crippen LogP contribution >= 0.6 is 0 Å². The second-order valence-electron chi connectivity index (χ2n) is 9.46. The molecule has 0 aromatic heterocycles. The molecule has 1 unspecified atom stereocenters. The molecule has 0 heteroatoms. The Morgan fingerprint density at radius 1 is 0.357 bits per heavy atom. The third-order valence-electron chi connectivity index (χ3n) is 6.39. The standard InChI is InChI=1S/C28H56/c1-4-6-8-10-12-13-14-15-16-17-18-19-20-21-23-25-27-28(3)26-24-22-11-9-7-5-2/h28H,1-2,4-27H2,3H3. The van der Waals surface area contributed by atoms with Crippen molar-refractivity contribution in [1.29, 1.82) is 0 Å². The van der Waals surface area contributed by atoms with E-state index < -0.39 is 0 Å². The Morgan fingerprint density at radius 2 is 0.571 bits per heavy atom. The van der Waals surface area contributed by atoms with Gasteiger partial charge in [-0.3, -0.25) is 0 Å². The lowest BCUT2D eigenvalue weighted by atomic mass is 9.96. The summed E-state index contributed by atoms with van der Waals surface area (Å²) >= 11 is 0. The summed E-state index contributed by atoms with van der Waals surface area (Å²) in [6, 6.07) is 0. The van der Waals surface area contributed by atoms with Crippen LogP contribution in [0.4, 0.5) is 0 Å². The summed E-state index contributed by atoms with van der Waals surface area (Å²) < 4.78 is 0. The third-order valence-corrected chi connectivity index (χ3v) is 6.39. The summed E-state index contributed by atoms with van der Waals surface area (Å²) in [6.07, 6.45) is 34.1. The first-order valence-electron chi connectivity index (χ1n) is 13.4. The lowest BCUT2D eigenvalue weighted by molar-refractivity contribution is 0.431. The zero-order valence-electron chi connectivity index (χ0n) is 20.0. The van der Waals surface area contributed by atoms with Gasteiger partial charge in [0.15, 0.2) is 0 Å². The molecule has 0 saturated carbocycles. The van der Waals surface area contributed by atoms with Crippen LogP contribution in [0.15, 0.2) is 0 Å². The van der Waals surface area contributed by atoms with Gasteiger partial charge in [-0.25, -0.2) is 0 Å². The van der Waals surface area contributed by atoms with Crippen LogP contribution in [0.1, 0.15) is 161 Å². The van der Waals surface area contributed by atoms with E-state index in [-0.39, 0.29) is 0 Å². The van der Waals surface area contributed by atoms with Gasteiger partial charge in [0, 0.05) is 0 Å². The van der Waals surface area contributed by atoms with Gasteiger partial charge in [-0.05, 0) is 5.92 Å². The normalized spacial score (nSPS) is 12.5. The number of hydrogen-bond donors (Lipinski definition) is 0. The lowest BCUT2D eigenvalue weighted by Gasteiger charge is -2.11. The Hall–Kier alpha value is 0. The predicted octanol–water partition coefficient (Wildman–Crippen LogP) is 10.7. The van der Waals surface area contributed by atoms with Gasteiger partial charge in [-0.2, -0.15) is 0 Å². The van der Waals surface area contributed by atoms with Gasteiger partial charge >= 0.3 is 0 Å². The smallest absolute Gasteiger partial charge is 0.0443 e. The Labute approximate surface area is 181 Å². The zero-order valence-corrected chi connectivity index (χ0v) is 20.0. The molecule has 0 fully saturated rings. The van der Waals surface area contributed by atoms with Gasteiger partial charge in [0.2, 0.25) is 0 Å². The van der Waals surface area contributed by atoms with Crippen molar-refractivity contribution in [3.63, 3.8) is 0 Å². The summed E-state index contributed by atoms with van der Waals surface area (Å²) in [5.41, 5.74) is 0. The van der Waals surface area contributed by atoms with Gasteiger partial charge < -0.3 is 0 Å². The highest BCUT2D eigenvalue weighted by molar-refractivity contribution is 4.56. The fourth-order valence-corrected chi connectivity index (χ4v) is 4.31. The van der Waals surface area contributed by atoms with Crippen LogP contribution in [0.25, 0.3) is 0 Å². The van der Waals surface area contributed by atoms with E-state index in [4.69, 9.17) is 0 Å². The minimum atomic E-state index is 0.955. The van der Waals surface area contributed by atoms with E-state index in [2.05, 4.69) is 20.8 Å². The highest BCUT2D eigenvalue weighted by atomic mass is 14.1. The van der Waals surface area contributed by atoms with Crippen molar-refractivity contribution >= 4 is 0 Å². The zero-order chi connectivity index (χ0) is 20.5. The molecule has 0 heterocycles. The van der Waals surface area contributed by atoms with Crippen LogP contribution in [0, 0.1) is 19.8 Å². The molecule has 0 aromatic carbocycles. The van der Waals surface area contributed by atoms with Crippen molar-refractivity contribution in [2.75, 3.05) is 0 Å². The molecule has 28 heavy (non-hydrogen) atoms. The molecule has 0 bridgehead atoms. The minimum absolute atomic E-state index is 0.955. The fourth-order valence-electron chi connectivity index (χ4n) is 4.31. The van der Waals surface area contributed by atoms with E-state index in [9.17, 15) is 0 Å². The van der Waals surface area contributed by atoms with E-state index in [1.807, 2.05) is 0 Å². The number of rotatable bonds is 24. The van der Waals surface area contributed by atoms with Gasteiger partial charge in [0.1, 0.15) is 0 Å². The molecule has 0 spiro atoms. The molecule has 0 amide bonds. The highest BCUT2D eigenvalue weighted by Crippen LogP contribution is 2.19. The quantitative estimate of drug-likeness (QED) is 0.143. The first-order valence-corrected chi connectivity index (χ1v) is 13.4. The van der Waals surface area contributed by atoms with E-state index in [1.165, 1.54) is 141 Å². The van der Waals surface area contributed by atoms with Crippen LogP contribution < -0.4 is 0 Å². The first-order chi connectivity index (χ1) is 13.8. The molecule has 1 atom stereocenters. The molecule has 0 aliphatic carbocycles. The average Bonchev–Trinajstić information content (AvgIpc) is 2.70. The molecule has 0 saturated heterocycles. The van der Waals surface area contributed by atoms with Crippen LogP contribution in [-0.4, -0.2) is 0 Å². The highest BCUT2D eigenvalue weighted by Gasteiger charge is 2.02. The molecule has 0 aliphatic heterocycles. The summed E-state index contributed by atoms with van der Waals surface area (Å²) in [5, 5.41) is 0. The van der Waals surface area contributed by atoms with Gasteiger partial charge in [0.05, 0.1) is 0 Å². The van der Waals surface area contributed by atoms with Crippen molar-refractivity contribution in [2.24, 2.45) is 5.92 Å². The van der Waals surface area contributed by atoms with Gasteiger partial charge in [-0.1, -0.05) is 175 Å². The average molecular weight is 393 g/mol. The molecule has 168 valence electrons. The first kappa shape index (κ1) is 28.0. The maximum Gasteiger partial charge on any atom is -0.0443 e. The van der Waals surface area contributed by atoms with Crippen LogP contribution in [0.5, 0.6) is 0 Å². The van der Waals surface area contributed by atoms with Gasteiger partial charge in [-0.15, -0.1) is 0 Å². The second-order valence-corrected chi connectivity index (χ2v) is 9.46. The van der Waals surface area contributed by atoms with E-state index >= 15 is 0 Å². The van der Waals surface area contributed by atoms with Crippen molar-refractivity contribution < 1.29 is 0 Å². The second kappa shape index (κ2) is 25.0. The van der Waals surface area contributed by atoms with Crippen molar-refractivity contribution in [3.05, 3.63) is 13.8 Å². The summed E-state index contributed by atoms with van der Waals surface area (Å²) in [4.78, 5) is 0. The SMILES string of the molecule is [CH2]CCCCCCCCCCCCCCCCCC(C)CCCCCCC[CH2]. The number of unbranched alkanes of at least 4 members (excludes halogenated alkanes) is 20. The Balaban J connectivity index is 3.09. The summed E-state index contributed by atoms with van der Waals surface area (Å²) in [5.74, 6) is 0.955. The minimum Gasteiger partial charge on any atom is -0.0625 e. The topological polar surface area (TPSA) is 0 Å². The largest absolute Gasteiger partial charge is 0.0625 e. The van der Waals surface area contributed by atoms with E-state index in [0.29, 0.717) is 0 Å². The third kappa shape index (κ3) is 24.0. The lowest BCUT2D eigenvalue weighted by Crippen LogP contribution is -1.95. The van der Waals surface area contributed by atoms with Crippen LogP contribution in [0.3, 0.4) is 0 Å². The predicted molar refractivity (Wildman–Crippen MR) is 131 cm³/mol. The maximum atomic E-state index is 3.92. The molecule has 0 aliphatic rings. The van der Waals surface area contributed by atoms with Gasteiger partial charge in [0.25, 0.3) is 0 Å². The Kier molecular flexibility index (Phi) is 25.0. The summed E-state index contributed by atoms with van der Waals surface area (Å²) in [6.45, 7) is 10.3. The van der Waals surface area contributed by atoms with Crippen molar-refractivity contribution in [3.8, 4) is 0 Å². The molecule has 0 N–H and O–H groups in total. The molecule has 0 aromatic rings. The Bertz CT molecular complexity index is 257. The fraction of sp³-hybridized carbons (Fsp3) is 0.929. The summed E-state index contributed by atoms with van der Waals surface area (Å²) in [7, 11) is 0. The number of hydrogen-bond acceptors (Lipinski definition) is 0. The monoisotopic (exact) mass is 392 g/mol. The van der Waals surface area contributed by atoms with E-state index in [1.54, 1.807) is 0 Å². The van der Waals surface area contributed by atoms with Crippen LogP contribution in [0.2, 0.25) is 0 Å². The molecular weight excluding hydrogens is 336 g/mol. The van der Waals surface area contributed by atoms with E-state index in [0.717, 1.165) is 18.8 Å². The Morgan fingerprint density at radius 3 is 0.821 bits per heavy atom. The maximum absolute atomic E-state index is 3.92. The van der Waals surface area contributed by atoms with Crippen LogP contribution in [-0.2, 0) is 0 Å².